The van der Waals surface area contributed by atoms with Gasteiger partial charge in [-0.2, -0.15) is 0 Å². The van der Waals surface area contributed by atoms with Crippen LogP contribution in [0, 0.1) is 6.92 Å². The smallest absolute Gasteiger partial charge is 0.307 e. The Labute approximate surface area is 196 Å². The predicted octanol–water partition coefficient (Wildman–Crippen LogP) is 5.35. The van der Waals surface area contributed by atoms with Crippen LogP contribution in [0.25, 0.3) is 0 Å². The molecule has 0 saturated heterocycles. The normalized spacial score (nSPS) is 16.9. The van der Waals surface area contributed by atoms with Crippen molar-refractivity contribution in [1.29, 1.82) is 0 Å². The van der Waals surface area contributed by atoms with Gasteiger partial charge in [0.15, 0.2) is 0 Å². The SMILES string of the molecule is Cc1ccc(S(=O)(=O)N2CCCCC/C=C\2OP(=O)(c2ccccc2)c2ccccc2)cc1. The maximum Gasteiger partial charge on any atom is 0.307 e. The molecule has 0 amide bonds. The Morgan fingerprint density at radius 2 is 1.36 bits per heavy atom. The fourth-order valence-corrected chi connectivity index (χ4v) is 7.39. The predicted molar refractivity (Wildman–Crippen MR) is 132 cm³/mol. The maximum absolute atomic E-state index is 14.5. The standard InChI is InChI=1S/C26H28NO4PS/c1-22-17-19-25(20-18-22)33(29,30)27-21-11-3-2-10-16-26(27)31-32(28,23-12-6-4-7-13-23)24-14-8-5-9-15-24/h4-9,12-20H,2-3,10-11,21H2,1H3/b26-16+. The van der Waals surface area contributed by atoms with Crippen LogP contribution in [-0.2, 0) is 19.1 Å². The first kappa shape index (κ1) is 23.3. The third-order valence-corrected chi connectivity index (χ3v) is 9.86. The minimum atomic E-state index is -3.89. The molecule has 0 bridgehead atoms. The Bertz CT molecular complexity index is 1210. The third kappa shape index (κ3) is 5.07. The molecule has 0 N–H and O–H groups in total. The summed E-state index contributed by atoms with van der Waals surface area (Å²) in [4.78, 5) is 0.192. The largest absolute Gasteiger partial charge is 0.420 e. The lowest BCUT2D eigenvalue weighted by Gasteiger charge is -2.31. The number of aryl methyl sites for hydroxylation is 1. The van der Waals surface area contributed by atoms with Gasteiger partial charge in [-0.3, -0.25) is 4.57 Å². The number of allylic oxidation sites excluding steroid dienone is 1. The summed E-state index contributed by atoms with van der Waals surface area (Å²) in [5.74, 6) is 0.131. The van der Waals surface area contributed by atoms with Crippen molar-refractivity contribution >= 4 is 28.0 Å². The van der Waals surface area contributed by atoms with Crippen molar-refractivity contribution in [3.05, 3.63) is 102 Å². The van der Waals surface area contributed by atoms with Crippen LogP contribution in [0.15, 0.2) is 102 Å². The average molecular weight is 482 g/mol. The monoisotopic (exact) mass is 481 g/mol. The quantitative estimate of drug-likeness (QED) is 0.446. The highest BCUT2D eigenvalue weighted by atomic mass is 32.2. The van der Waals surface area contributed by atoms with Gasteiger partial charge in [-0.15, -0.1) is 0 Å². The first-order valence-corrected chi connectivity index (χ1v) is 14.2. The average Bonchev–Trinajstić information content (AvgIpc) is 2.82. The lowest BCUT2D eigenvalue weighted by molar-refractivity contribution is 0.292. The van der Waals surface area contributed by atoms with E-state index in [-0.39, 0.29) is 17.3 Å². The minimum absolute atomic E-state index is 0.131. The van der Waals surface area contributed by atoms with Crippen molar-refractivity contribution < 1.29 is 17.5 Å². The molecule has 0 radical (unpaired) electrons. The Morgan fingerprint density at radius 1 is 0.788 bits per heavy atom. The molecule has 0 aliphatic carbocycles. The van der Waals surface area contributed by atoms with E-state index in [2.05, 4.69) is 0 Å². The number of benzene rings is 3. The molecule has 1 heterocycles. The van der Waals surface area contributed by atoms with Gasteiger partial charge in [0, 0.05) is 6.54 Å². The first-order valence-electron chi connectivity index (χ1n) is 11.1. The molecule has 0 saturated carbocycles. The zero-order valence-electron chi connectivity index (χ0n) is 18.6. The highest BCUT2D eigenvalue weighted by Gasteiger charge is 2.36. The summed E-state index contributed by atoms with van der Waals surface area (Å²) in [6.45, 7) is 2.18. The van der Waals surface area contributed by atoms with Crippen molar-refractivity contribution in [3.63, 3.8) is 0 Å². The summed E-state index contributed by atoms with van der Waals surface area (Å²) in [7, 11) is -7.49. The van der Waals surface area contributed by atoms with Crippen LogP contribution in [0.1, 0.15) is 31.2 Å². The van der Waals surface area contributed by atoms with Gasteiger partial charge in [0.05, 0.1) is 15.5 Å². The molecule has 5 nitrogen and oxygen atoms in total. The molecule has 172 valence electrons. The number of rotatable bonds is 6. The van der Waals surface area contributed by atoms with Gasteiger partial charge in [0.25, 0.3) is 10.0 Å². The van der Waals surface area contributed by atoms with Crippen molar-refractivity contribution in [2.75, 3.05) is 6.54 Å². The van der Waals surface area contributed by atoms with Gasteiger partial charge < -0.3 is 4.52 Å². The number of sulfonamides is 1. The van der Waals surface area contributed by atoms with Crippen molar-refractivity contribution in [3.8, 4) is 0 Å². The van der Waals surface area contributed by atoms with E-state index in [0.29, 0.717) is 23.5 Å². The second kappa shape index (κ2) is 9.98. The summed E-state index contributed by atoms with van der Waals surface area (Å²) < 4.78 is 49.3. The molecule has 0 atom stereocenters. The van der Waals surface area contributed by atoms with Gasteiger partial charge in [-0.05, 0) is 68.7 Å². The van der Waals surface area contributed by atoms with Gasteiger partial charge in [0.1, 0.15) is 0 Å². The van der Waals surface area contributed by atoms with Gasteiger partial charge in [-0.1, -0.05) is 60.5 Å². The summed E-state index contributed by atoms with van der Waals surface area (Å²) in [6, 6.07) is 24.7. The Morgan fingerprint density at radius 3 is 1.94 bits per heavy atom. The van der Waals surface area contributed by atoms with Crippen LogP contribution in [0.5, 0.6) is 0 Å². The first-order chi connectivity index (χ1) is 15.9. The van der Waals surface area contributed by atoms with E-state index >= 15 is 0 Å². The minimum Gasteiger partial charge on any atom is -0.420 e. The summed E-state index contributed by atoms with van der Waals surface area (Å²) >= 11 is 0. The molecule has 0 fully saturated rings. The number of hydrogen-bond acceptors (Lipinski definition) is 4. The maximum atomic E-state index is 14.5. The highest BCUT2D eigenvalue weighted by molar-refractivity contribution is 7.89. The third-order valence-electron chi connectivity index (χ3n) is 5.65. The molecular weight excluding hydrogens is 453 g/mol. The Kier molecular flexibility index (Phi) is 7.06. The summed E-state index contributed by atoms with van der Waals surface area (Å²) in [5.41, 5.74) is 0.978. The second-order valence-corrected chi connectivity index (χ2v) is 12.3. The van der Waals surface area contributed by atoms with E-state index in [0.717, 1.165) is 18.4 Å². The molecule has 33 heavy (non-hydrogen) atoms. The molecule has 4 rings (SSSR count). The van der Waals surface area contributed by atoms with Crippen LogP contribution in [0.4, 0.5) is 0 Å². The number of hydrogen-bond donors (Lipinski definition) is 0. The summed E-state index contributed by atoms with van der Waals surface area (Å²) in [5, 5.41) is 1.04. The molecule has 1 aliphatic rings. The highest BCUT2D eigenvalue weighted by Crippen LogP contribution is 2.48. The van der Waals surface area contributed by atoms with Crippen LogP contribution >= 0.6 is 7.37 Å². The molecular formula is C26H28NO4PS. The van der Waals surface area contributed by atoms with Crippen LogP contribution in [0.3, 0.4) is 0 Å². The fourth-order valence-electron chi connectivity index (χ4n) is 3.81. The Hall–Kier alpha value is -2.82. The lowest BCUT2D eigenvalue weighted by atomic mass is 10.1. The van der Waals surface area contributed by atoms with E-state index in [9.17, 15) is 13.0 Å². The molecule has 7 heteroatoms. The van der Waals surface area contributed by atoms with E-state index in [1.54, 1.807) is 54.6 Å². The molecule has 0 aromatic heterocycles. The zero-order chi connectivity index (χ0) is 23.3. The van der Waals surface area contributed by atoms with Gasteiger partial charge in [-0.25, -0.2) is 12.7 Å². The van der Waals surface area contributed by atoms with Crippen molar-refractivity contribution in [2.24, 2.45) is 0 Å². The van der Waals surface area contributed by atoms with Crippen molar-refractivity contribution in [1.82, 2.24) is 4.31 Å². The molecule has 3 aromatic rings. The van der Waals surface area contributed by atoms with E-state index in [1.807, 2.05) is 43.3 Å². The van der Waals surface area contributed by atoms with E-state index < -0.39 is 17.4 Å². The summed E-state index contributed by atoms with van der Waals surface area (Å²) in [6.07, 6.45) is 4.96. The van der Waals surface area contributed by atoms with Crippen LogP contribution < -0.4 is 10.6 Å². The number of nitrogens with zero attached hydrogens (tertiary/aromatic N) is 1. The second-order valence-electron chi connectivity index (χ2n) is 8.10. The molecule has 3 aromatic carbocycles. The van der Waals surface area contributed by atoms with Crippen LogP contribution in [-0.4, -0.2) is 19.3 Å². The van der Waals surface area contributed by atoms with E-state index in [1.165, 1.54) is 4.31 Å². The lowest BCUT2D eigenvalue weighted by Crippen LogP contribution is -2.34. The van der Waals surface area contributed by atoms with E-state index in [4.69, 9.17) is 4.52 Å². The van der Waals surface area contributed by atoms with Crippen LogP contribution in [0.2, 0.25) is 0 Å². The van der Waals surface area contributed by atoms with Crippen molar-refractivity contribution in [2.45, 2.75) is 37.5 Å². The Balaban J connectivity index is 1.80. The fraction of sp³-hybridized carbons (Fsp3) is 0.231. The molecule has 0 unspecified atom stereocenters. The molecule has 0 spiro atoms. The topological polar surface area (TPSA) is 63.7 Å². The van der Waals surface area contributed by atoms with Gasteiger partial charge >= 0.3 is 7.37 Å². The zero-order valence-corrected chi connectivity index (χ0v) is 20.3. The molecule has 1 aliphatic heterocycles. The van der Waals surface area contributed by atoms with Gasteiger partial charge in [0.2, 0.25) is 5.88 Å².